The van der Waals surface area contributed by atoms with Crippen molar-refractivity contribution in [3.8, 4) is 11.5 Å². The highest BCUT2D eigenvalue weighted by Gasteiger charge is 2.25. The largest absolute Gasteiger partial charge is 0.506 e. The zero-order valence-electron chi connectivity index (χ0n) is 13.0. The number of hydrogen-bond donors (Lipinski definition) is 2. The van der Waals surface area contributed by atoms with Crippen molar-refractivity contribution in [1.29, 1.82) is 0 Å². The highest BCUT2D eigenvalue weighted by Crippen LogP contribution is 2.39. The van der Waals surface area contributed by atoms with Crippen molar-refractivity contribution < 1.29 is 9.84 Å². The number of nitrogens with one attached hydrogen (secondary N) is 1. The Bertz CT molecular complexity index is 457. The number of phenols is 1. The second kappa shape index (κ2) is 10.6. The molecule has 0 radical (unpaired) electrons. The van der Waals surface area contributed by atoms with Crippen LogP contribution in [-0.4, -0.2) is 43.3 Å². The van der Waals surface area contributed by atoms with Crippen LogP contribution >= 0.6 is 40.7 Å². The molecule has 2 rings (SSSR count). The van der Waals surface area contributed by atoms with Crippen molar-refractivity contribution in [3.05, 3.63) is 22.2 Å². The first-order valence-corrected chi connectivity index (χ1v) is 7.97. The van der Waals surface area contributed by atoms with Gasteiger partial charge in [0.15, 0.2) is 0 Å². The monoisotopic (exact) mass is 414 g/mol. The molecule has 0 aromatic heterocycles. The van der Waals surface area contributed by atoms with E-state index in [4.69, 9.17) is 4.74 Å². The van der Waals surface area contributed by atoms with E-state index in [1.165, 1.54) is 0 Å². The Balaban J connectivity index is 0.00000220. The minimum absolute atomic E-state index is 0. The topological polar surface area (TPSA) is 44.7 Å². The molecule has 1 heterocycles. The van der Waals surface area contributed by atoms with Gasteiger partial charge in [-0.1, -0.05) is 13.3 Å². The number of ether oxygens (including phenoxy) is 1. The molecule has 4 nitrogen and oxygen atoms in total. The maximum Gasteiger partial charge on any atom is 0.134 e. The molecule has 1 saturated heterocycles. The maximum atomic E-state index is 10.4. The Hall–Kier alpha value is -0.200. The molecule has 1 aromatic carbocycles. The molecular formula is C15H25BrCl2N2O2. The zero-order chi connectivity index (χ0) is 14.5. The summed E-state index contributed by atoms with van der Waals surface area (Å²) < 4.78 is 6.03. The molecule has 1 atom stereocenters. The molecule has 0 aliphatic carbocycles. The number of rotatable bonds is 5. The van der Waals surface area contributed by atoms with E-state index >= 15 is 0 Å². The quantitative estimate of drug-likeness (QED) is 0.768. The summed E-state index contributed by atoms with van der Waals surface area (Å²) in [6.07, 6.45) is 2.12. The standard InChI is InChI=1S/C15H23BrN2O2.2ClH/c1-3-4-14(18-7-5-17-6-8-18)12-9-11(20-2)10-13(16)15(12)19;;/h9-10,14,17,19H,3-8H2,1-2H3;2*1H/t14-;;/m0../s1. The van der Waals surface area contributed by atoms with Crippen LogP contribution in [-0.2, 0) is 0 Å². The normalized spacial score (nSPS) is 16.3. The predicted octanol–water partition coefficient (Wildman–Crippen LogP) is 3.75. The van der Waals surface area contributed by atoms with Gasteiger partial charge in [-0.2, -0.15) is 0 Å². The van der Waals surface area contributed by atoms with Gasteiger partial charge < -0.3 is 15.2 Å². The van der Waals surface area contributed by atoms with E-state index in [0.717, 1.165) is 50.3 Å². The molecule has 128 valence electrons. The SMILES string of the molecule is CCC[C@@H](c1cc(OC)cc(Br)c1O)N1CCNCC1.Cl.Cl. The lowest BCUT2D eigenvalue weighted by Crippen LogP contribution is -2.45. The third-order valence-electron chi connectivity index (χ3n) is 3.82. The molecule has 1 fully saturated rings. The van der Waals surface area contributed by atoms with Crippen LogP contribution in [0.1, 0.15) is 31.4 Å². The van der Waals surface area contributed by atoms with Gasteiger partial charge in [0.2, 0.25) is 0 Å². The number of halogens is 3. The predicted molar refractivity (Wildman–Crippen MR) is 98.9 cm³/mol. The van der Waals surface area contributed by atoms with Gasteiger partial charge in [-0.15, -0.1) is 24.8 Å². The Morgan fingerprint density at radius 1 is 1.32 bits per heavy atom. The van der Waals surface area contributed by atoms with Gasteiger partial charge in [0.05, 0.1) is 11.6 Å². The van der Waals surface area contributed by atoms with Crippen LogP contribution in [0.5, 0.6) is 11.5 Å². The summed E-state index contributed by atoms with van der Waals surface area (Å²) in [5.74, 6) is 1.11. The second-order valence-electron chi connectivity index (χ2n) is 5.14. The second-order valence-corrected chi connectivity index (χ2v) is 5.99. The molecule has 1 aromatic rings. The van der Waals surface area contributed by atoms with Gasteiger partial charge in [-0.05, 0) is 34.5 Å². The Labute approximate surface area is 153 Å². The summed E-state index contributed by atoms with van der Waals surface area (Å²) in [6.45, 7) is 6.22. The highest BCUT2D eigenvalue weighted by molar-refractivity contribution is 9.10. The molecule has 2 N–H and O–H groups in total. The number of benzene rings is 1. The van der Waals surface area contributed by atoms with Crippen LogP contribution in [0.15, 0.2) is 16.6 Å². The lowest BCUT2D eigenvalue weighted by Gasteiger charge is -2.35. The fourth-order valence-electron chi connectivity index (χ4n) is 2.77. The van der Waals surface area contributed by atoms with E-state index in [1.807, 2.05) is 6.07 Å². The number of nitrogens with zero attached hydrogens (tertiary/aromatic N) is 1. The van der Waals surface area contributed by atoms with E-state index < -0.39 is 0 Å². The molecule has 1 aliphatic heterocycles. The van der Waals surface area contributed by atoms with Gasteiger partial charge in [0.25, 0.3) is 0 Å². The van der Waals surface area contributed by atoms with Crippen LogP contribution in [0.4, 0.5) is 0 Å². The van der Waals surface area contributed by atoms with E-state index in [2.05, 4.69) is 33.1 Å². The lowest BCUT2D eigenvalue weighted by atomic mass is 9.98. The lowest BCUT2D eigenvalue weighted by molar-refractivity contribution is 0.162. The smallest absolute Gasteiger partial charge is 0.134 e. The van der Waals surface area contributed by atoms with Gasteiger partial charge in [0, 0.05) is 37.8 Å². The number of methoxy groups -OCH3 is 1. The van der Waals surface area contributed by atoms with Crippen LogP contribution < -0.4 is 10.1 Å². The minimum Gasteiger partial charge on any atom is -0.506 e. The first kappa shape index (κ1) is 21.8. The number of aromatic hydroxyl groups is 1. The molecule has 0 unspecified atom stereocenters. The van der Waals surface area contributed by atoms with Crippen molar-refractivity contribution in [3.63, 3.8) is 0 Å². The summed E-state index contributed by atoms with van der Waals surface area (Å²) in [5, 5.41) is 13.8. The minimum atomic E-state index is 0. The average Bonchev–Trinajstić information content (AvgIpc) is 2.48. The molecule has 0 bridgehead atoms. The van der Waals surface area contributed by atoms with Crippen LogP contribution in [0.3, 0.4) is 0 Å². The van der Waals surface area contributed by atoms with Crippen molar-refractivity contribution in [2.75, 3.05) is 33.3 Å². The molecule has 0 saturated carbocycles. The Morgan fingerprint density at radius 3 is 2.50 bits per heavy atom. The molecule has 22 heavy (non-hydrogen) atoms. The van der Waals surface area contributed by atoms with E-state index in [1.54, 1.807) is 13.2 Å². The summed E-state index contributed by atoms with van der Waals surface area (Å²) in [4.78, 5) is 2.45. The van der Waals surface area contributed by atoms with E-state index in [0.29, 0.717) is 10.2 Å². The third-order valence-corrected chi connectivity index (χ3v) is 4.42. The average molecular weight is 416 g/mol. The van der Waals surface area contributed by atoms with Crippen molar-refractivity contribution >= 4 is 40.7 Å². The Morgan fingerprint density at radius 2 is 1.95 bits per heavy atom. The molecule has 7 heteroatoms. The van der Waals surface area contributed by atoms with Gasteiger partial charge in [-0.3, -0.25) is 4.90 Å². The van der Waals surface area contributed by atoms with Gasteiger partial charge in [-0.25, -0.2) is 0 Å². The van der Waals surface area contributed by atoms with Crippen LogP contribution in [0.2, 0.25) is 0 Å². The maximum absolute atomic E-state index is 10.4. The first-order chi connectivity index (χ1) is 9.67. The van der Waals surface area contributed by atoms with Crippen molar-refractivity contribution in [2.24, 2.45) is 0 Å². The highest BCUT2D eigenvalue weighted by atomic mass is 79.9. The molecular weight excluding hydrogens is 391 g/mol. The molecule has 0 amide bonds. The summed E-state index contributed by atoms with van der Waals surface area (Å²) in [5.41, 5.74) is 0.958. The van der Waals surface area contributed by atoms with Crippen molar-refractivity contribution in [1.82, 2.24) is 10.2 Å². The number of phenolic OH excluding ortho intramolecular Hbond substituents is 1. The number of piperazine rings is 1. The zero-order valence-corrected chi connectivity index (χ0v) is 16.2. The summed E-state index contributed by atoms with van der Waals surface area (Å²) in [6, 6.07) is 4.01. The Kier molecular flexibility index (Phi) is 10.5. The van der Waals surface area contributed by atoms with Crippen LogP contribution in [0, 0.1) is 0 Å². The van der Waals surface area contributed by atoms with Gasteiger partial charge in [0.1, 0.15) is 11.5 Å². The van der Waals surface area contributed by atoms with Crippen LogP contribution in [0.25, 0.3) is 0 Å². The molecule has 1 aliphatic rings. The van der Waals surface area contributed by atoms with Gasteiger partial charge >= 0.3 is 0 Å². The summed E-state index contributed by atoms with van der Waals surface area (Å²) >= 11 is 3.42. The molecule has 0 spiro atoms. The van der Waals surface area contributed by atoms with Crippen molar-refractivity contribution in [2.45, 2.75) is 25.8 Å². The fraction of sp³-hybridized carbons (Fsp3) is 0.600. The third kappa shape index (κ3) is 5.17. The summed E-state index contributed by atoms with van der Waals surface area (Å²) in [7, 11) is 1.66. The van der Waals surface area contributed by atoms with E-state index in [-0.39, 0.29) is 30.9 Å². The first-order valence-electron chi connectivity index (χ1n) is 7.18. The fourth-order valence-corrected chi connectivity index (χ4v) is 3.22. The number of hydrogen-bond acceptors (Lipinski definition) is 4. The van der Waals surface area contributed by atoms with E-state index in [9.17, 15) is 5.11 Å².